The number of hydrogen-bond donors (Lipinski definition) is 0. The quantitative estimate of drug-likeness (QED) is 0.190. The fraction of sp³-hybridized carbons (Fsp3) is 0. The first kappa shape index (κ1) is 36.5. The summed E-state index contributed by atoms with van der Waals surface area (Å²) in [5, 5.41) is 0. The molecule has 0 rings (SSSR count). The van der Waals surface area contributed by atoms with E-state index in [0.29, 0.717) is 0 Å². The molecule has 0 spiro atoms. The van der Waals surface area contributed by atoms with E-state index in [1.165, 1.54) is 0 Å². The van der Waals surface area contributed by atoms with Gasteiger partial charge >= 0.3 is 50.3 Å². The second-order valence-corrected chi connectivity index (χ2v) is 3.67. The van der Waals surface area contributed by atoms with Crippen LogP contribution in [0.4, 0.5) is 0 Å². The van der Waals surface area contributed by atoms with E-state index in [1.807, 2.05) is 0 Å². The van der Waals surface area contributed by atoms with E-state index in [-0.39, 0.29) is 50.3 Å². The monoisotopic (exact) mass is 461 g/mol. The van der Waals surface area contributed by atoms with Crippen molar-refractivity contribution in [3.05, 3.63) is 0 Å². The smallest absolute Gasteiger partial charge is 0.759 e. The van der Waals surface area contributed by atoms with Crippen molar-refractivity contribution >= 4 is 31.2 Å². The zero-order valence-corrected chi connectivity index (χ0v) is 12.7. The van der Waals surface area contributed by atoms with E-state index in [1.54, 1.807) is 0 Å². The molecule has 0 heterocycles. The number of rotatable bonds is 0. The van der Waals surface area contributed by atoms with Gasteiger partial charge in [-0.05, 0) is 0 Å². The molecular weight excluding hydrogens is 462 g/mol. The van der Waals surface area contributed by atoms with Crippen molar-refractivity contribution < 1.29 is 103 Å². The largest absolute Gasteiger partial charge is 2.00 e. The summed E-state index contributed by atoms with van der Waals surface area (Å²) in [6, 6.07) is 0. The molecule has 0 bridgehead atoms. The Morgan fingerprint density at radius 1 is 0.500 bits per heavy atom. The fourth-order valence-corrected chi connectivity index (χ4v) is 0. The van der Waals surface area contributed by atoms with Gasteiger partial charge in [0, 0.05) is 31.2 Å². The van der Waals surface area contributed by atoms with Crippen LogP contribution in [0, 0.1) is 0 Å². The van der Waals surface area contributed by atoms with Crippen LogP contribution in [-0.2, 0) is 81.5 Å². The molecule has 117 valence electrons. The Morgan fingerprint density at radius 2 is 0.500 bits per heavy atom. The summed E-state index contributed by atoms with van der Waals surface area (Å²) in [5.74, 6) is 0. The van der Waals surface area contributed by atoms with Crippen LogP contribution in [0.2, 0.25) is 0 Å². The van der Waals surface area contributed by atoms with Crippen LogP contribution in [0.15, 0.2) is 0 Å². The first-order valence-electron chi connectivity index (χ1n) is 2.00. The van der Waals surface area contributed by atoms with Crippen molar-refractivity contribution in [3.63, 3.8) is 0 Å². The van der Waals surface area contributed by atoms with Gasteiger partial charge in [0.1, 0.15) is 0 Å². The fourth-order valence-electron chi connectivity index (χ4n) is 0. The molecule has 0 fully saturated rings. The Kier molecular flexibility index (Phi) is 29.5. The first-order chi connectivity index (χ1) is 6.00. The van der Waals surface area contributed by atoms with Crippen molar-refractivity contribution in [1.29, 1.82) is 0 Å². The van der Waals surface area contributed by atoms with E-state index in [0.717, 1.165) is 0 Å². The van der Waals surface area contributed by atoms with Gasteiger partial charge in [0.25, 0.3) is 0 Å². The van der Waals surface area contributed by atoms with Crippen LogP contribution in [0.25, 0.3) is 0 Å². The predicted octanol–water partition coefficient (Wildman–Crippen LogP) is -4.02. The third-order valence-electron chi connectivity index (χ3n) is 0. The summed E-state index contributed by atoms with van der Waals surface area (Å²) in [6.45, 7) is 0. The average molecular weight is 462 g/mol. The van der Waals surface area contributed by atoms with Gasteiger partial charge in [0.2, 0.25) is 0 Å². The van der Waals surface area contributed by atoms with Gasteiger partial charge in [-0.2, -0.15) is 0 Å². The number of hydrogen-bond acceptors (Lipinski definition) is 12. The molecule has 0 aliphatic heterocycles. The summed E-state index contributed by atoms with van der Waals surface area (Å²) >= 11 is 0. The maximum Gasteiger partial charge on any atom is 2.00 e. The van der Waals surface area contributed by atoms with Crippen molar-refractivity contribution in [2.24, 2.45) is 0 Å². The van der Waals surface area contributed by atoms with E-state index in [2.05, 4.69) is 0 Å². The molecule has 1 radical (unpaired) electrons. The van der Waals surface area contributed by atoms with E-state index >= 15 is 0 Å². The zero-order valence-electron chi connectivity index (χ0n) is 7.13. The molecular formula is CoFeNiO12S3. The molecule has 0 aliphatic rings. The molecule has 0 aliphatic carbocycles. The van der Waals surface area contributed by atoms with Crippen LogP contribution in [0.3, 0.4) is 0 Å². The predicted molar refractivity (Wildman–Crippen MR) is 31.4 cm³/mol. The van der Waals surface area contributed by atoms with Gasteiger partial charge in [-0.25, -0.2) is 0 Å². The molecule has 0 aromatic carbocycles. The molecule has 0 saturated carbocycles. The van der Waals surface area contributed by atoms with Crippen LogP contribution in [0.5, 0.6) is 0 Å². The Balaban J connectivity index is -0.0000000277. The molecule has 0 saturated heterocycles. The third-order valence-corrected chi connectivity index (χ3v) is 0. The van der Waals surface area contributed by atoms with Gasteiger partial charge in [-0.1, -0.05) is 0 Å². The maximum absolute atomic E-state index is 8.52. The minimum absolute atomic E-state index is 0. The van der Waals surface area contributed by atoms with Crippen molar-refractivity contribution in [1.82, 2.24) is 0 Å². The topological polar surface area (TPSA) is 241 Å². The van der Waals surface area contributed by atoms with E-state index in [4.69, 9.17) is 52.6 Å². The van der Waals surface area contributed by atoms with Crippen LogP contribution < -0.4 is 0 Å². The second kappa shape index (κ2) is 14.5. The molecule has 0 atom stereocenters. The normalized spacial score (nSPS) is 9.67. The van der Waals surface area contributed by atoms with Crippen molar-refractivity contribution in [3.8, 4) is 0 Å². The summed E-state index contributed by atoms with van der Waals surface area (Å²) in [7, 11) is -15.5. The summed E-state index contributed by atoms with van der Waals surface area (Å²) < 4.78 is 102. The van der Waals surface area contributed by atoms with Gasteiger partial charge < -0.3 is 27.3 Å². The molecule has 0 N–H and O–H groups in total. The molecule has 0 amide bonds. The standard InChI is InChI=1S/Co.Fe.Ni.3H2O4S/c;;;3*1-5(2,3)4/h;;;3*(H2,1,2,3,4)/q3*+2;;;/p-6. The Labute approximate surface area is 133 Å². The molecule has 12 nitrogen and oxygen atoms in total. The van der Waals surface area contributed by atoms with Crippen molar-refractivity contribution in [2.75, 3.05) is 0 Å². The first-order valence-corrected chi connectivity index (χ1v) is 6.00. The third kappa shape index (κ3) is 3490. The van der Waals surface area contributed by atoms with Crippen LogP contribution in [-0.4, -0.2) is 52.6 Å². The Bertz CT molecular complexity index is 348. The SMILES string of the molecule is O=S(=O)([O-])[O-].O=S(=O)([O-])[O-].O=S(=O)([O-])[O-].[Co+2].[Fe+2].[Ni+2]. The molecule has 0 aromatic heterocycles. The van der Waals surface area contributed by atoms with Gasteiger partial charge in [0.05, 0.1) is 0 Å². The summed E-state index contributed by atoms with van der Waals surface area (Å²) in [6.07, 6.45) is 0. The van der Waals surface area contributed by atoms with E-state index in [9.17, 15) is 0 Å². The molecule has 18 heteroatoms. The molecule has 0 unspecified atom stereocenters. The van der Waals surface area contributed by atoms with E-state index < -0.39 is 31.2 Å². The minimum atomic E-state index is -5.17. The molecule has 18 heavy (non-hydrogen) atoms. The zero-order chi connectivity index (χ0) is 13.5. The molecule has 0 aromatic rings. The van der Waals surface area contributed by atoms with Crippen LogP contribution >= 0.6 is 0 Å². The average Bonchev–Trinajstić information content (AvgIpc) is 1.41. The Hall–Kier alpha value is 1.13. The van der Waals surface area contributed by atoms with Crippen LogP contribution in [0.1, 0.15) is 0 Å². The minimum Gasteiger partial charge on any atom is -0.759 e. The van der Waals surface area contributed by atoms with Crippen molar-refractivity contribution in [2.45, 2.75) is 0 Å². The Morgan fingerprint density at radius 3 is 0.500 bits per heavy atom. The maximum atomic E-state index is 8.52. The van der Waals surface area contributed by atoms with Gasteiger partial charge in [-0.3, -0.25) is 25.3 Å². The summed E-state index contributed by atoms with van der Waals surface area (Å²) in [5.41, 5.74) is 0. The van der Waals surface area contributed by atoms with Gasteiger partial charge in [0.15, 0.2) is 0 Å². The summed E-state index contributed by atoms with van der Waals surface area (Å²) in [4.78, 5) is 0. The van der Waals surface area contributed by atoms with Gasteiger partial charge in [-0.15, -0.1) is 0 Å². The second-order valence-electron chi connectivity index (χ2n) is 1.22.